The normalized spacial score (nSPS) is 11.1. The maximum Gasteiger partial charge on any atom is 0.573 e. The SMILES string of the molecule is O=C(CO)Nc1ccc(OC(F)(F)F)c(Br)c1. The van der Waals surface area contributed by atoms with Crippen LogP contribution in [0.25, 0.3) is 0 Å². The van der Waals surface area contributed by atoms with Crippen LogP contribution in [0.2, 0.25) is 0 Å². The minimum atomic E-state index is -4.78. The van der Waals surface area contributed by atoms with Crippen molar-refractivity contribution in [2.24, 2.45) is 0 Å². The highest BCUT2D eigenvalue weighted by Crippen LogP contribution is 2.32. The van der Waals surface area contributed by atoms with Crippen molar-refractivity contribution in [3.05, 3.63) is 22.7 Å². The number of rotatable bonds is 3. The van der Waals surface area contributed by atoms with Gasteiger partial charge in [0.05, 0.1) is 4.47 Å². The van der Waals surface area contributed by atoms with Gasteiger partial charge in [-0.15, -0.1) is 13.2 Å². The van der Waals surface area contributed by atoms with Crippen molar-refractivity contribution in [1.82, 2.24) is 0 Å². The molecule has 0 aliphatic heterocycles. The molecule has 0 unspecified atom stereocenters. The van der Waals surface area contributed by atoms with E-state index >= 15 is 0 Å². The van der Waals surface area contributed by atoms with Gasteiger partial charge in [-0.25, -0.2) is 0 Å². The first-order chi connectivity index (χ1) is 7.81. The predicted molar refractivity (Wildman–Crippen MR) is 56.5 cm³/mol. The molecule has 2 N–H and O–H groups in total. The van der Waals surface area contributed by atoms with E-state index in [1.807, 2.05) is 0 Å². The number of aliphatic hydroxyl groups is 1. The summed E-state index contributed by atoms with van der Waals surface area (Å²) in [7, 11) is 0. The molecule has 0 fully saturated rings. The van der Waals surface area contributed by atoms with Crippen LogP contribution in [0.4, 0.5) is 18.9 Å². The molecule has 0 aliphatic carbocycles. The molecule has 0 spiro atoms. The Morgan fingerprint density at radius 3 is 2.59 bits per heavy atom. The highest BCUT2D eigenvalue weighted by molar-refractivity contribution is 9.10. The lowest BCUT2D eigenvalue weighted by Gasteiger charge is -2.11. The predicted octanol–water partition coefficient (Wildman–Crippen LogP) is 2.28. The lowest BCUT2D eigenvalue weighted by Crippen LogP contribution is -2.18. The molecule has 8 heteroatoms. The van der Waals surface area contributed by atoms with Gasteiger partial charge in [0.15, 0.2) is 0 Å². The van der Waals surface area contributed by atoms with Crippen LogP contribution in [0.5, 0.6) is 5.75 Å². The standard InChI is InChI=1S/C9H7BrF3NO3/c10-6-3-5(14-8(16)4-15)1-2-7(6)17-9(11,12)13/h1-3,15H,4H2,(H,14,16). The molecule has 17 heavy (non-hydrogen) atoms. The van der Waals surface area contributed by atoms with Crippen LogP contribution < -0.4 is 10.1 Å². The number of alkyl halides is 3. The van der Waals surface area contributed by atoms with Crippen LogP contribution in [0.15, 0.2) is 22.7 Å². The van der Waals surface area contributed by atoms with Crippen LogP contribution >= 0.6 is 15.9 Å². The van der Waals surface area contributed by atoms with E-state index in [0.717, 1.165) is 6.07 Å². The molecule has 1 aromatic carbocycles. The Labute approximate surface area is 103 Å². The van der Waals surface area contributed by atoms with Crippen molar-refractivity contribution < 1.29 is 27.8 Å². The summed E-state index contributed by atoms with van der Waals surface area (Å²) < 4.78 is 39.6. The van der Waals surface area contributed by atoms with Crippen LogP contribution in [0, 0.1) is 0 Å². The van der Waals surface area contributed by atoms with Gasteiger partial charge < -0.3 is 15.2 Å². The second kappa shape index (κ2) is 5.37. The number of ether oxygens (including phenoxy) is 1. The third-order valence-electron chi connectivity index (χ3n) is 1.58. The summed E-state index contributed by atoms with van der Waals surface area (Å²) in [5, 5.41) is 10.7. The number of nitrogens with one attached hydrogen (secondary N) is 1. The topological polar surface area (TPSA) is 58.6 Å². The van der Waals surface area contributed by atoms with Crippen molar-refractivity contribution in [1.29, 1.82) is 0 Å². The number of amides is 1. The molecule has 4 nitrogen and oxygen atoms in total. The number of carbonyl (C=O) groups is 1. The first-order valence-corrected chi connectivity index (χ1v) is 5.07. The van der Waals surface area contributed by atoms with Gasteiger partial charge in [0.1, 0.15) is 12.4 Å². The second-order valence-corrected chi connectivity index (χ2v) is 3.75. The molecule has 0 saturated carbocycles. The average molecular weight is 314 g/mol. The molecule has 0 saturated heterocycles. The molecule has 1 amide bonds. The van der Waals surface area contributed by atoms with E-state index in [2.05, 4.69) is 26.0 Å². The molecule has 1 aromatic rings. The summed E-state index contributed by atoms with van der Waals surface area (Å²) in [6, 6.07) is 3.50. The van der Waals surface area contributed by atoms with Crippen molar-refractivity contribution in [3.63, 3.8) is 0 Å². The summed E-state index contributed by atoms with van der Waals surface area (Å²) >= 11 is 2.87. The molecular formula is C9H7BrF3NO3. The Hall–Kier alpha value is -1.28. The van der Waals surface area contributed by atoms with E-state index in [0.29, 0.717) is 0 Å². The zero-order valence-corrected chi connectivity index (χ0v) is 9.80. The number of benzene rings is 1. The number of anilines is 1. The molecule has 1 rings (SSSR count). The second-order valence-electron chi connectivity index (χ2n) is 2.90. The van der Waals surface area contributed by atoms with E-state index in [4.69, 9.17) is 5.11 Å². The summed E-state index contributed by atoms with van der Waals surface area (Å²) in [6.45, 7) is -0.710. The highest BCUT2D eigenvalue weighted by Gasteiger charge is 2.31. The highest BCUT2D eigenvalue weighted by atomic mass is 79.9. The number of hydrogen-bond acceptors (Lipinski definition) is 3. The minimum absolute atomic E-state index is 0.0329. The van der Waals surface area contributed by atoms with Crippen molar-refractivity contribution in [2.45, 2.75) is 6.36 Å². The maximum absolute atomic E-state index is 11.9. The summed E-state index contributed by atoms with van der Waals surface area (Å²) in [4.78, 5) is 10.8. The Bertz CT molecular complexity index is 422. The number of halogens is 4. The molecule has 0 radical (unpaired) electrons. The smallest absolute Gasteiger partial charge is 0.405 e. The molecule has 0 aromatic heterocycles. The molecule has 0 bridgehead atoms. The summed E-state index contributed by atoms with van der Waals surface area (Å²) in [5.41, 5.74) is 0.241. The number of carbonyl (C=O) groups excluding carboxylic acids is 1. The van der Waals surface area contributed by atoms with Crippen molar-refractivity contribution in [3.8, 4) is 5.75 Å². The van der Waals surface area contributed by atoms with Gasteiger partial charge in [-0.1, -0.05) is 0 Å². The van der Waals surface area contributed by atoms with E-state index in [1.165, 1.54) is 12.1 Å². The number of hydrogen-bond donors (Lipinski definition) is 2. The van der Waals surface area contributed by atoms with Crippen LogP contribution in [-0.4, -0.2) is 24.0 Å². The largest absolute Gasteiger partial charge is 0.573 e. The quantitative estimate of drug-likeness (QED) is 0.900. The van der Waals surface area contributed by atoms with E-state index in [9.17, 15) is 18.0 Å². The molecule has 0 atom stereocenters. The van der Waals surface area contributed by atoms with Gasteiger partial charge in [0.25, 0.3) is 0 Å². The van der Waals surface area contributed by atoms with Crippen LogP contribution in [0.1, 0.15) is 0 Å². The van der Waals surface area contributed by atoms with Gasteiger partial charge in [0, 0.05) is 5.69 Å². The fourth-order valence-electron chi connectivity index (χ4n) is 0.987. The molecule has 0 heterocycles. The van der Waals surface area contributed by atoms with E-state index in [-0.39, 0.29) is 10.2 Å². The van der Waals surface area contributed by atoms with E-state index < -0.39 is 24.6 Å². The number of aliphatic hydroxyl groups excluding tert-OH is 1. The first-order valence-electron chi connectivity index (χ1n) is 4.28. The van der Waals surface area contributed by atoms with Crippen LogP contribution in [-0.2, 0) is 4.79 Å². The van der Waals surface area contributed by atoms with Crippen molar-refractivity contribution >= 4 is 27.5 Å². The van der Waals surface area contributed by atoms with Gasteiger partial charge in [-0.3, -0.25) is 4.79 Å². The Morgan fingerprint density at radius 2 is 2.12 bits per heavy atom. The van der Waals surface area contributed by atoms with Crippen LogP contribution in [0.3, 0.4) is 0 Å². The third-order valence-corrected chi connectivity index (χ3v) is 2.20. The van der Waals surface area contributed by atoms with Gasteiger partial charge in [-0.05, 0) is 34.1 Å². The Balaban J connectivity index is 2.83. The van der Waals surface area contributed by atoms with Crippen molar-refractivity contribution in [2.75, 3.05) is 11.9 Å². The third kappa shape index (κ3) is 4.61. The monoisotopic (exact) mass is 313 g/mol. The lowest BCUT2D eigenvalue weighted by atomic mass is 10.3. The van der Waals surface area contributed by atoms with Gasteiger partial charge >= 0.3 is 6.36 Å². The van der Waals surface area contributed by atoms with Gasteiger partial charge in [0.2, 0.25) is 5.91 Å². The zero-order valence-electron chi connectivity index (χ0n) is 8.21. The summed E-state index contributed by atoms with van der Waals surface area (Å²) in [6.07, 6.45) is -4.78. The first kappa shape index (κ1) is 13.8. The lowest BCUT2D eigenvalue weighted by molar-refractivity contribution is -0.274. The Kier molecular flexibility index (Phi) is 4.35. The Morgan fingerprint density at radius 1 is 1.47 bits per heavy atom. The van der Waals surface area contributed by atoms with E-state index in [1.54, 1.807) is 0 Å². The maximum atomic E-state index is 11.9. The summed E-state index contributed by atoms with van der Waals surface area (Å²) in [5.74, 6) is -1.08. The fourth-order valence-corrected chi connectivity index (χ4v) is 1.45. The zero-order chi connectivity index (χ0) is 13.1. The van der Waals surface area contributed by atoms with Gasteiger partial charge in [-0.2, -0.15) is 0 Å². The minimum Gasteiger partial charge on any atom is -0.405 e. The molecule has 94 valence electrons. The molecular weight excluding hydrogens is 307 g/mol. The fraction of sp³-hybridized carbons (Fsp3) is 0.222. The molecule has 0 aliphatic rings. The average Bonchev–Trinajstić information content (AvgIpc) is 2.20.